The third-order valence-corrected chi connectivity index (χ3v) is 2.56. The molecular weight excluding hydrogens is 234 g/mol. The van der Waals surface area contributed by atoms with Crippen molar-refractivity contribution in [2.24, 2.45) is 0 Å². The first-order valence-corrected chi connectivity index (χ1v) is 6.02. The number of hydrogen-bond donors (Lipinski definition) is 2. The Labute approximate surface area is 106 Å². The van der Waals surface area contributed by atoms with E-state index in [4.69, 9.17) is 0 Å². The van der Waals surface area contributed by atoms with Gasteiger partial charge in [-0.1, -0.05) is 6.92 Å². The molecule has 1 aromatic rings. The standard InChI is InChI=1S/C12H19N3O3/c1-3-10(16)6-7-13-11(17)8-15-12(18)5-4-9(2)14-15/h4-5,10,16H,3,6-8H2,1-2H3,(H,13,17). The Bertz CT molecular complexity index is 456. The first kappa shape index (κ1) is 14.4. The summed E-state index contributed by atoms with van der Waals surface area (Å²) in [5.74, 6) is -0.279. The van der Waals surface area contributed by atoms with Crippen LogP contribution in [0.3, 0.4) is 0 Å². The minimum atomic E-state index is -0.398. The van der Waals surface area contributed by atoms with Gasteiger partial charge in [-0.2, -0.15) is 5.10 Å². The SMILES string of the molecule is CCC(O)CCNC(=O)Cn1nc(C)ccc1=O. The Morgan fingerprint density at radius 2 is 2.28 bits per heavy atom. The number of rotatable bonds is 6. The number of aliphatic hydroxyl groups is 1. The van der Waals surface area contributed by atoms with E-state index < -0.39 is 6.10 Å². The largest absolute Gasteiger partial charge is 0.393 e. The summed E-state index contributed by atoms with van der Waals surface area (Å²) in [5, 5.41) is 15.9. The number of aliphatic hydroxyl groups excluding tert-OH is 1. The highest BCUT2D eigenvalue weighted by atomic mass is 16.3. The van der Waals surface area contributed by atoms with E-state index in [0.29, 0.717) is 25.1 Å². The molecule has 0 aliphatic carbocycles. The molecule has 0 radical (unpaired) electrons. The zero-order valence-corrected chi connectivity index (χ0v) is 10.7. The zero-order valence-electron chi connectivity index (χ0n) is 10.7. The number of nitrogens with one attached hydrogen (secondary N) is 1. The molecule has 1 heterocycles. The van der Waals surface area contributed by atoms with Crippen LogP contribution in [0, 0.1) is 6.92 Å². The molecule has 0 aliphatic heterocycles. The molecule has 0 aromatic carbocycles. The van der Waals surface area contributed by atoms with E-state index in [1.54, 1.807) is 13.0 Å². The molecule has 0 bridgehead atoms. The van der Waals surface area contributed by atoms with E-state index in [0.717, 1.165) is 4.68 Å². The van der Waals surface area contributed by atoms with Crippen LogP contribution in [0.25, 0.3) is 0 Å². The van der Waals surface area contributed by atoms with E-state index in [2.05, 4.69) is 10.4 Å². The molecule has 1 atom stereocenters. The maximum Gasteiger partial charge on any atom is 0.267 e. The molecule has 1 amide bonds. The van der Waals surface area contributed by atoms with Crippen LogP contribution < -0.4 is 10.9 Å². The van der Waals surface area contributed by atoms with Gasteiger partial charge in [0.05, 0.1) is 11.8 Å². The van der Waals surface area contributed by atoms with Crippen molar-refractivity contribution in [2.45, 2.75) is 39.3 Å². The number of aromatic nitrogens is 2. The highest BCUT2D eigenvalue weighted by molar-refractivity contribution is 5.75. The third kappa shape index (κ3) is 4.67. The highest BCUT2D eigenvalue weighted by Crippen LogP contribution is 1.94. The van der Waals surface area contributed by atoms with E-state index in [1.165, 1.54) is 6.07 Å². The second kappa shape index (κ2) is 6.90. The summed E-state index contributed by atoms with van der Waals surface area (Å²) in [4.78, 5) is 23.0. The summed E-state index contributed by atoms with van der Waals surface area (Å²) in [6, 6.07) is 2.99. The van der Waals surface area contributed by atoms with Gasteiger partial charge in [0, 0.05) is 12.6 Å². The van der Waals surface area contributed by atoms with Gasteiger partial charge in [0.1, 0.15) is 6.54 Å². The Hall–Kier alpha value is -1.69. The molecule has 6 nitrogen and oxygen atoms in total. The fourth-order valence-electron chi connectivity index (χ4n) is 1.44. The quantitative estimate of drug-likeness (QED) is 0.737. The Kier molecular flexibility index (Phi) is 5.51. The second-order valence-electron chi connectivity index (χ2n) is 4.17. The molecule has 18 heavy (non-hydrogen) atoms. The molecule has 0 spiro atoms. The smallest absolute Gasteiger partial charge is 0.267 e. The van der Waals surface area contributed by atoms with Crippen LogP contribution in [-0.4, -0.2) is 33.4 Å². The Morgan fingerprint density at radius 3 is 2.94 bits per heavy atom. The lowest BCUT2D eigenvalue weighted by atomic mass is 10.2. The summed E-state index contributed by atoms with van der Waals surface area (Å²) in [7, 11) is 0. The maximum absolute atomic E-state index is 11.6. The van der Waals surface area contributed by atoms with E-state index >= 15 is 0 Å². The number of aryl methyl sites for hydroxylation is 1. The summed E-state index contributed by atoms with van der Waals surface area (Å²) < 4.78 is 1.13. The molecule has 1 rings (SSSR count). The lowest BCUT2D eigenvalue weighted by Crippen LogP contribution is -2.34. The lowest BCUT2D eigenvalue weighted by molar-refractivity contribution is -0.122. The van der Waals surface area contributed by atoms with Crippen LogP contribution in [-0.2, 0) is 11.3 Å². The number of carbonyl (C=O) groups is 1. The molecule has 100 valence electrons. The number of hydrogen-bond acceptors (Lipinski definition) is 4. The van der Waals surface area contributed by atoms with Crippen molar-refractivity contribution in [2.75, 3.05) is 6.54 Å². The highest BCUT2D eigenvalue weighted by Gasteiger charge is 2.06. The van der Waals surface area contributed by atoms with Gasteiger partial charge in [-0.25, -0.2) is 4.68 Å². The monoisotopic (exact) mass is 253 g/mol. The summed E-state index contributed by atoms with van der Waals surface area (Å²) in [6.07, 6.45) is 0.776. The van der Waals surface area contributed by atoms with Gasteiger partial charge in [0.25, 0.3) is 5.56 Å². The molecule has 1 aromatic heterocycles. The van der Waals surface area contributed by atoms with Crippen LogP contribution in [0.2, 0.25) is 0 Å². The van der Waals surface area contributed by atoms with Crippen molar-refractivity contribution in [1.82, 2.24) is 15.1 Å². The molecule has 0 saturated heterocycles. The third-order valence-electron chi connectivity index (χ3n) is 2.56. The van der Waals surface area contributed by atoms with Crippen LogP contribution in [0.5, 0.6) is 0 Å². The fraction of sp³-hybridized carbons (Fsp3) is 0.583. The minimum absolute atomic E-state index is 0.0945. The summed E-state index contributed by atoms with van der Waals surface area (Å²) in [5.41, 5.74) is 0.383. The van der Waals surface area contributed by atoms with Gasteiger partial charge in [0.2, 0.25) is 5.91 Å². The Balaban J connectivity index is 2.45. The predicted octanol–water partition coefficient (Wildman–Crippen LogP) is -0.171. The number of amides is 1. The first-order chi connectivity index (χ1) is 8.52. The van der Waals surface area contributed by atoms with Crippen LogP contribution >= 0.6 is 0 Å². The average Bonchev–Trinajstić information content (AvgIpc) is 2.33. The van der Waals surface area contributed by atoms with E-state index in [9.17, 15) is 14.7 Å². The molecule has 1 unspecified atom stereocenters. The van der Waals surface area contributed by atoms with Crippen molar-refractivity contribution in [3.63, 3.8) is 0 Å². The molecule has 2 N–H and O–H groups in total. The van der Waals surface area contributed by atoms with Crippen LogP contribution in [0.4, 0.5) is 0 Å². The first-order valence-electron chi connectivity index (χ1n) is 6.02. The minimum Gasteiger partial charge on any atom is -0.393 e. The van der Waals surface area contributed by atoms with E-state index in [-0.39, 0.29) is 18.0 Å². The fourth-order valence-corrected chi connectivity index (χ4v) is 1.44. The van der Waals surface area contributed by atoms with Crippen molar-refractivity contribution < 1.29 is 9.90 Å². The number of carbonyl (C=O) groups excluding carboxylic acids is 1. The zero-order chi connectivity index (χ0) is 13.5. The number of nitrogens with zero attached hydrogens (tertiary/aromatic N) is 2. The molecule has 0 fully saturated rings. The van der Waals surface area contributed by atoms with Gasteiger partial charge in [-0.3, -0.25) is 9.59 Å². The van der Waals surface area contributed by atoms with Crippen LogP contribution in [0.15, 0.2) is 16.9 Å². The maximum atomic E-state index is 11.6. The van der Waals surface area contributed by atoms with Gasteiger partial charge in [-0.15, -0.1) is 0 Å². The van der Waals surface area contributed by atoms with Crippen LogP contribution in [0.1, 0.15) is 25.5 Å². The van der Waals surface area contributed by atoms with Gasteiger partial charge in [0.15, 0.2) is 0 Å². The van der Waals surface area contributed by atoms with Gasteiger partial charge in [-0.05, 0) is 25.8 Å². The topological polar surface area (TPSA) is 84.2 Å². The van der Waals surface area contributed by atoms with Crippen molar-refractivity contribution >= 4 is 5.91 Å². The second-order valence-corrected chi connectivity index (χ2v) is 4.17. The predicted molar refractivity (Wildman–Crippen MR) is 67.2 cm³/mol. The molecule has 0 aliphatic rings. The van der Waals surface area contributed by atoms with Gasteiger partial charge < -0.3 is 10.4 Å². The summed E-state index contributed by atoms with van der Waals surface area (Å²) in [6.45, 7) is 3.94. The van der Waals surface area contributed by atoms with Crippen molar-refractivity contribution in [1.29, 1.82) is 0 Å². The summed E-state index contributed by atoms with van der Waals surface area (Å²) >= 11 is 0. The van der Waals surface area contributed by atoms with E-state index in [1.807, 2.05) is 6.92 Å². The Morgan fingerprint density at radius 1 is 1.56 bits per heavy atom. The van der Waals surface area contributed by atoms with Crippen molar-refractivity contribution in [3.8, 4) is 0 Å². The van der Waals surface area contributed by atoms with Crippen molar-refractivity contribution in [3.05, 3.63) is 28.2 Å². The normalized spacial score (nSPS) is 12.2. The average molecular weight is 253 g/mol. The van der Waals surface area contributed by atoms with Gasteiger partial charge >= 0.3 is 0 Å². The lowest BCUT2D eigenvalue weighted by Gasteiger charge is -2.09. The molecule has 0 saturated carbocycles. The molecule has 6 heteroatoms. The molecular formula is C12H19N3O3.